The van der Waals surface area contributed by atoms with Gasteiger partial charge in [0.05, 0.1) is 6.20 Å². The van der Waals surface area contributed by atoms with Gasteiger partial charge in [0, 0.05) is 44.8 Å². The van der Waals surface area contributed by atoms with E-state index in [2.05, 4.69) is 53.4 Å². The van der Waals surface area contributed by atoms with Crippen molar-refractivity contribution in [3.63, 3.8) is 0 Å². The molecule has 0 spiro atoms. The van der Waals surface area contributed by atoms with E-state index < -0.39 is 0 Å². The lowest BCUT2D eigenvalue weighted by atomic mass is 10.2. The standard InChI is InChI=1S/C20H25N5O/c1-4-24(17-9-7-8-16(2)14-17)13-10-21-19(26)18-15-22-23(3)20(18)25-11-5-6-12-25/h5-9,11-12,14-15H,4,10,13H2,1-3H3,(H,21,26). The fourth-order valence-electron chi connectivity index (χ4n) is 3.07. The van der Waals surface area contributed by atoms with E-state index in [1.54, 1.807) is 10.9 Å². The SMILES string of the molecule is CCN(CCNC(=O)c1cnn(C)c1-n1cccc1)c1cccc(C)c1. The Morgan fingerprint density at radius 2 is 2.00 bits per heavy atom. The van der Waals surface area contributed by atoms with Crippen LogP contribution in [0.2, 0.25) is 0 Å². The fourth-order valence-corrected chi connectivity index (χ4v) is 3.07. The molecule has 0 aliphatic carbocycles. The number of carbonyl (C=O) groups excluding carboxylic acids is 1. The molecule has 1 aromatic carbocycles. The maximum atomic E-state index is 12.6. The third-order valence-corrected chi connectivity index (χ3v) is 4.42. The summed E-state index contributed by atoms with van der Waals surface area (Å²) in [5.74, 6) is 0.653. The van der Waals surface area contributed by atoms with Gasteiger partial charge in [-0.1, -0.05) is 12.1 Å². The largest absolute Gasteiger partial charge is 0.370 e. The molecular weight excluding hydrogens is 326 g/mol. The number of nitrogens with zero attached hydrogens (tertiary/aromatic N) is 4. The highest BCUT2D eigenvalue weighted by Crippen LogP contribution is 2.16. The number of aryl methyl sites for hydroxylation is 2. The van der Waals surface area contributed by atoms with Gasteiger partial charge in [0.25, 0.3) is 5.91 Å². The van der Waals surface area contributed by atoms with E-state index in [1.165, 1.54) is 11.3 Å². The molecule has 2 heterocycles. The Hall–Kier alpha value is -3.02. The van der Waals surface area contributed by atoms with Gasteiger partial charge in [-0.25, -0.2) is 0 Å². The monoisotopic (exact) mass is 351 g/mol. The molecule has 0 unspecified atom stereocenters. The lowest BCUT2D eigenvalue weighted by Crippen LogP contribution is -2.35. The first kappa shape index (κ1) is 17.8. The number of anilines is 1. The minimum atomic E-state index is -0.109. The molecule has 3 aromatic rings. The molecule has 6 heteroatoms. The maximum Gasteiger partial charge on any atom is 0.256 e. The predicted molar refractivity (Wildman–Crippen MR) is 104 cm³/mol. The summed E-state index contributed by atoms with van der Waals surface area (Å²) in [5, 5.41) is 7.25. The van der Waals surface area contributed by atoms with Crippen LogP contribution in [0.4, 0.5) is 5.69 Å². The molecule has 0 bridgehead atoms. The number of likely N-dealkylation sites (N-methyl/N-ethyl adjacent to an activating group) is 1. The fraction of sp³-hybridized carbons (Fsp3) is 0.300. The van der Waals surface area contributed by atoms with Gasteiger partial charge in [-0.3, -0.25) is 9.48 Å². The van der Waals surface area contributed by atoms with E-state index in [-0.39, 0.29) is 5.91 Å². The summed E-state index contributed by atoms with van der Waals surface area (Å²) in [6, 6.07) is 12.3. The Morgan fingerprint density at radius 3 is 2.69 bits per heavy atom. The number of carbonyl (C=O) groups is 1. The van der Waals surface area contributed by atoms with Gasteiger partial charge in [0.2, 0.25) is 0 Å². The molecule has 0 aliphatic rings. The summed E-state index contributed by atoms with van der Waals surface area (Å²) < 4.78 is 3.60. The molecule has 6 nitrogen and oxygen atoms in total. The van der Waals surface area contributed by atoms with Crippen LogP contribution in [-0.2, 0) is 7.05 Å². The van der Waals surface area contributed by atoms with Gasteiger partial charge in [-0.05, 0) is 43.7 Å². The molecule has 1 N–H and O–H groups in total. The van der Waals surface area contributed by atoms with Gasteiger partial charge in [0.1, 0.15) is 11.4 Å². The van der Waals surface area contributed by atoms with E-state index in [9.17, 15) is 4.79 Å². The summed E-state index contributed by atoms with van der Waals surface area (Å²) in [7, 11) is 1.84. The summed E-state index contributed by atoms with van der Waals surface area (Å²) in [4.78, 5) is 14.9. The molecule has 0 fully saturated rings. The van der Waals surface area contributed by atoms with Crippen LogP contribution in [0.3, 0.4) is 0 Å². The molecule has 26 heavy (non-hydrogen) atoms. The van der Waals surface area contributed by atoms with Crippen LogP contribution in [-0.4, -0.2) is 39.9 Å². The van der Waals surface area contributed by atoms with Gasteiger partial charge in [-0.15, -0.1) is 0 Å². The lowest BCUT2D eigenvalue weighted by Gasteiger charge is -2.23. The van der Waals surface area contributed by atoms with Crippen LogP contribution >= 0.6 is 0 Å². The van der Waals surface area contributed by atoms with Crippen molar-refractivity contribution in [1.82, 2.24) is 19.7 Å². The van der Waals surface area contributed by atoms with Gasteiger partial charge in [0.15, 0.2) is 0 Å². The van der Waals surface area contributed by atoms with Crippen LogP contribution in [0.1, 0.15) is 22.8 Å². The zero-order valence-electron chi connectivity index (χ0n) is 15.5. The number of nitrogens with one attached hydrogen (secondary N) is 1. The van der Waals surface area contributed by atoms with Crippen molar-refractivity contribution in [2.75, 3.05) is 24.5 Å². The molecule has 0 saturated heterocycles. The molecule has 0 aliphatic heterocycles. The third kappa shape index (κ3) is 3.79. The van der Waals surface area contributed by atoms with Gasteiger partial charge < -0.3 is 14.8 Å². The van der Waals surface area contributed by atoms with Crippen LogP contribution in [0.5, 0.6) is 0 Å². The third-order valence-electron chi connectivity index (χ3n) is 4.42. The number of aromatic nitrogens is 3. The second-order valence-corrected chi connectivity index (χ2v) is 6.27. The molecule has 1 amide bonds. The minimum absolute atomic E-state index is 0.109. The van der Waals surface area contributed by atoms with Crippen molar-refractivity contribution >= 4 is 11.6 Å². The first-order valence-electron chi connectivity index (χ1n) is 8.85. The quantitative estimate of drug-likeness (QED) is 0.712. The van der Waals surface area contributed by atoms with E-state index in [0.29, 0.717) is 12.1 Å². The van der Waals surface area contributed by atoms with Crippen LogP contribution in [0.25, 0.3) is 5.82 Å². The Morgan fingerprint density at radius 1 is 1.23 bits per heavy atom. The molecule has 2 aromatic heterocycles. The number of hydrogen-bond donors (Lipinski definition) is 1. The van der Waals surface area contributed by atoms with Crippen molar-refractivity contribution in [1.29, 1.82) is 0 Å². The van der Waals surface area contributed by atoms with Crippen molar-refractivity contribution < 1.29 is 4.79 Å². The Balaban J connectivity index is 1.65. The van der Waals surface area contributed by atoms with Crippen molar-refractivity contribution in [2.45, 2.75) is 13.8 Å². The summed E-state index contributed by atoms with van der Waals surface area (Å²) >= 11 is 0. The Kier molecular flexibility index (Phi) is 5.41. The highest BCUT2D eigenvalue weighted by molar-refractivity contribution is 5.97. The zero-order chi connectivity index (χ0) is 18.5. The molecule has 0 saturated carbocycles. The smallest absolute Gasteiger partial charge is 0.256 e. The van der Waals surface area contributed by atoms with Crippen molar-refractivity contribution in [3.05, 3.63) is 66.1 Å². The lowest BCUT2D eigenvalue weighted by molar-refractivity contribution is 0.0954. The van der Waals surface area contributed by atoms with Crippen molar-refractivity contribution in [2.24, 2.45) is 7.05 Å². The van der Waals surface area contributed by atoms with Crippen LogP contribution < -0.4 is 10.2 Å². The second-order valence-electron chi connectivity index (χ2n) is 6.27. The van der Waals surface area contributed by atoms with Crippen LogP contribution in [0.15, 0.2) is 55.0 Å². The van der Waals surface area contributed by atoms with Gasteiger partial charge in [-0.2, -0.15) is 5.10 Å². The van der Waals surface area contributed by atoms with E-state index in [0.717, 1.165) is 18.9 Å². The first-order valence-corrected chi connectivity index (χ1v) is 8.85. The predicted octanol–water partition coefficient (Wildman–Crippen LogP) is 2.78. The topological polar surface area (TPSA) is 55.1 Å². The molecular formula is C20H25N5O. The normalized spacial score (nSPS) is 10.7. The zero-order valence-corrected chi connectivity index (χ0v) is 15.5. The molecule has 3 rings (SSSR count). The molecule has 136 valence electrons. The summed E-state index contributed by atoms with van der Waals surface area (Å²) in [5.41, 5.74) is 2.98. The molecule has 0 radical (unpaired) electrons. The average Bonchev–Trinajstić information content (AvgIpc) is 3.27. The van der Waals surface area contributed by atoms with E-state index >= 15 is 0 Å². The van der Waals surface area contributed by atoms with Crippen molar-refractivity contribution in [3.8, 4) is 5.82 Å². The summed E-state index contributed by atoms with van der Waals surface area (Å²) in [6.45, 7) is 6.42. The maximum absolute atomic E-state index is 12.6. The van der Waals surface area contributed by atoms with E-state index in [4.69, 9.17) is 0 Å². The summed E-state index contributed by atoms with van der Waals surface area (Å²) in [6.07, 6.45) is 5.43. The molecule has 0 atom stereocenters. The number of benzene rings is 1. The average molecular weight is 351 g/mol. The number of hydrogen-bond acceptors (Lipinski definition) is 3. The van der Waals surface area contributed by atoms with Crippen LogP contribution in [0, 0.1) is 6.92 Å². The van der Waals surface area contributed by atoms with Gasteiger partial charge >= 0.3 is 0 Å². The van der Waals surface area contributed by atoms with E-state index in [1.807, 2.05) is 36.1 Å². The number of rotatable bonds is 7. The highest BCUT2D eigenvalue weighted by Gasteiger charge is 2.17. The Labute approximate surface area is 154 Å². The first-order chi connectivity index (χ1) is 12.6. The Bertz CT molecular complexity index is 866. The minimum Gasteiger partial charge on any atom is -0.370 e. The number of amides is 1. The highest BCUT2D eigenvalue weighted by atomic mass is 16.1. The second kappa shape index (κ2) is 7.91.